The Morgan fingerprint density at radius 3 is 2.71 bits per heavy atom. The number of aryl methyl sites for hydroxylation is 1. The fourth-order valence-electron chi connectivity index (χ4n) is 1.44. The molecule has 0 fully saturated rings. The van der Waals surface area contributed by atoms with Gasteiger partial charge in [-0.1, -0.05) is 0 Å². The Labute approximate surface area is 85.7 Å². The number of rotatable bonds is 5. The first kappa shape index (κ1) is 11.2. The summed E-state index contributed by atoms with van der Waals surface area (Å²) < 4.78 is 1.83. The quantitative estimate of drug-likeness (QED) is 0.749. The van der Waals surface area contributed by atoms with E-state index in [2.05, 4.69) is 23.8 Å². The summed E-state index contributed by atoms with van der Waals surface area (Å²) in [5.74, 6) is 0. The number of hydrogen-bond donors (Lipinski definition) is 1. The maximum absolute atomic E-state index is 5.56. The monoisotopic (exact) mass is 196 g/mol. The molecule has 0 amide bonds. The Morgan fingerprint density at radius 2 is 2.29 bits per heavy atom. The van der Waals surface area contributed by atoms with Crippen LogP contribution in [0.1, 0.15) is 19.5 Å². The van der Waals surface area contributed by atoms with Gasteiger partial charge in [0.25, 0.3) is 0 Å². The summed E-state index contributed by atoms with van der Waals surface area (Å²) in [6, 6.07) is 2.56. The number of nitrogens with two attached hydrogens (primary N) is 1. The second kappa shape index (κ2) is 5.12. The summed E-state index contributed by atoms with van der Waals surface area (Å²) >= 11 is 0. The summed E-state index contributed by atoms with van der Waals surface area (Å²) in [7, 11) is 1.94. The molecule has 0 aliphatic rings. The maximum Gasteiger partial charge on any atom is 0.0764 e. The van der Waals surface area contributed by atoms with Crippen LogP contribution in [0.25, 0.3) is 0 Å². The van der Waals surface area contributed by atoms with E-state index in [0.29, 0.717) is 12.6 Å². The number of nitrogens with zero attached hydrogens (tertiary/aromatic N) is 3. The van der Waals surface area contributed by atoms with E-state index in [9.17, 15) is 0 Å². The average Bonchev–Trinajstić information content (AvgIpc) is 2.50. The van der Waals surface area contributed by atoms with E-state index < -0.39 is 0 Å². The molecular formula is C10H20N4. The molecule has 1 aromatic heterocycles. The van der Waals surface area contributed by atoms with Crippen LogP contribution in [0, 0.1) is 0 Å². The van der Waals surface area contributed by atoms with E-state index in [0.717, 1.165) is 18.8 Å². The third-order valence-corrected chi connectivity index (χ3v) is 2.28. The SMILES string of the molecule is CC(C)N(CCN)Cc1ccn(C)n1. The topological polar surface area (TPSA) is 47.1 Å². The highest BCUT2D eigenvalue weighted by Crippen LogP contribution is 2.04. The Balaban J connectivity index is 2.55. The zero-order valence-electron chi connectivity index (χ0n) is 9.27. The standard InChI is InChI=1S/C10H20N4/c1-9(2)14(7-5-11)8-10-4-6-13(3)12-10/h4,6,9H,5,7-8,11H2,1-3H3. The van der Waals surface area contributed by atoms with Gasteiger partial charge in [-0.25, -0.2) is 0 Å². The zero-order valence-corrected chi connectivity index (χ0v) is 9.27. The van der Waals surface area contributed by atoms with Gasteiger partial charge in [-0.3, -0.25) is 9.58 Å². The maximum atomic E-state index is 5.56. The molecule has 0 radical (unpaired) electrons. The molecule has 0 spiro atoms. The summed E-state index contributed by atoms with van der Waals surface area (Å²) in [6.45, 7) is 6.87. The van der Waals surface area contributed by atoms with Gasteiger partial charge in [0.2, 0.25) is 0 Å². The molecule has 14 heavy (non-hydrogen) atoms. The van der Waals surface area contributed by atoms with Gasteiger partial charge < -0.3 is 5.73 Å². The Bertz CT molecular complexity index is 267. The van der Waals surface area contributed by atoms with E-state index in [-0.39, 0.29) is 0 Å². The molecule has 80 valence electrons. The smallest absolute Gasteiger partial charge is 0.0764 e. The van der Waals surface area contributed by atoms with E-state index >= 15 is 0 Å². The second-order valence-corrected chi connectivity index (χ2v) is 3.83. The molecule has 0 saturated carbocycles. The lowest BCUT2D eigenvalue weighted by molar-refractivity contribution is 0.216. The molecular weight excluding hydrogens is 176 g/mol. The Hall–Kier alpha value is -0.870. The minimum Gasteiger partial charge on any atom is -0.329 e. The predicted molar refractivity (Wildman–Crippen MR) is 57.8 cm³/mol. The molecule has 0 bridgehead atoms. The van der Waals surface area contributed by atoms with Crippen LogP contribution in [0.5, 0.6) is 0 Å². The van der Waals surface area contributed by atoms with Gasteiger partial charge in [-0.05, 0) is 19.9 Å². The van der Waals surface area contributed by atoms with Crippen LogP contribution in [-0.2, 0) is 13.6 Å². The van der Waals surface area contributed by atoms with Crippen LogP contribution in [0.3, 0.4) is 0 Å². The first-order valence-corrected chi connectivity index (χ1v) is 5.06. The van der Waals surface area contributed by atoms with Crippen molar-refractivity contribution in [3.05, 3.63) is 18.0 Å². The highest BCUT2D eigenvalue weighted by molar-refractivity contribution is 4.98. The highest BCUT2D eigenvalue weighted by Gasteiger charge is 2.10. The molecule has 0 atom stereocenters. The normalized spacial score (nSPS) is 11.6. The van der Waals surface area contributed by atoms with Gasteiger partial charge in [-0.2, -0.15) is 5.10 Å². The fourth-order valence-corrected chi connectivity index (χ4v) is 1.44. The van der Waals surface area contributed by atoms with Crippen molar-refractivity contribution >= 4 is 0 Å². The van der Waals surface area contributed by atoms with Crippen molar-refractivity contribution in [2.24, 2.45) is 12.8 Å². The van der Waals surface area contributed by atoms with Crippen LogP contribution in [0.2, 0.25) is 0 Å². The molecule has 4 nitrogen and oxygen atoms in total. The highest BCUT2D eigenvalue weighted by atomic mass is 15.3. The molecule has 1 rings (SSSR count). The van der Waals surface area contributed by atoms with Gasteiger partial charge in [-0.15, -0.1) is 0 Å². The molecule has 1 heterocycles. The molecule has 0 aliphatic heterocycles. The van der Waals surface area contributed by atoms with Gasteiger partial charge in [0, 0.05) is 38.9 Å². The first-order valence-electron chi connectivity index (χ1n) is 5.06. The van der Waals surface area contributed by atoms with E-state index in [4.69, 9.17) is 5.73 Å². The molecule has 0 aliphatic carbocycles. The van der Waals surface area contributed by atoms with Crippen LogP contribution in [0.4, 0.5) is 0 Å². The average molecular weight is 196 g/mol. The van der Waals surface area contributed by atoms with Crippen molar-refractivity contribution in [2.45, 2.75) is 26.4 Å². The lowest BCUT2D eigenvalue weighted by Crippen LogP contribution is -2.34. The summed E-state index contributed by atoms with van der Waals surface area (Å²) in [6.07, 6.45) is 1.97. The van der Waals surface area contributed by atoms with Gasteiger partial charge in [0.15, 0.2) is 0 Å². The van der Waals surface area contributed by atoms with Crippen LogP contribution >= 0.6 is 0 Å². The van der Waals surface area contributed by atoms with Gasteiger partial charge in [0.05, 0.1) is 5.69 Å². The van der Waals surface area contributed by atoms with Crippen molar-refractivity contribution in [1.82, 2.24) is 14.7 Å². The lowest BCUT2D eigenvalue weighted by atomic mass is 10.3. The van der Waals surface area contributed by atoms with Crippen molar-refractivity contribution in [2.75, 3.05) is 13.1 Å². The number of aromatic nitrogens is 2. The van der Waals surface area contributed by atoms with E-state index in [1.165, 1.54) is 0 Å². The third kappa shape index (κ3) is 3.12. The first-order chi connectivity index (χ1) is 6.63. The predicted octanol–water partition coefficient (Wildman–Crippen LogP) is 0.589. The molecule has 4 heteroatoms. The zero-order chi connectivity index (χ0) is 10.6. The fraction of sp³-hybridized carbons (Fsp3) is 0.700. The minimum atomic E-state index is 0.514. The molecule has 0 saturated heterocycles. The summed E-state index contributed by atoms with van der Waals surface area (Å²) in [5.41, 5.74) is 6.66. The van der Waals surface area contributed by atoms with Crippen molar-refractivity contribution in [1.29, 1.82) is 0 Å². The number of hydrogen-bond acceptors (Lipinski definition) is 3. The van der Waals surface area contributed by atoms with E-state index in [1.54, 1.807) is 0 Å². The van der Waals surface area contributed by atoms with Crippen molar-refractivity contribution < 1.29 is 0 Å². The Morgan fingerprint density at radius 1 is 1.57 bits per heavy atom. The van der Waals surface area contributed by atoms with Crippen LogP contribution in [0.15, 0.2) is 12.3 Å². The van der Waals surface area contributed by atoms with Crippen LogP contribution in [-0.4, -0.2) is 33.8 Å². The van der Waals surface area contributed by atoms with Crippen molar-refractivity contribution in [3.63, 3.8) is 0 Å². The molecule has 2 N–H and O–H groups in total. The largest absolute Gasteiger partial charge is 0.329 e. The Kier molecular flexibility index (Phi) is 4.10. The van der Waals surface area contributed by atoms with Crippen LogP contribution < -0.4 is 5.73 Å². The summed E-state index contributed by atoms with van der Waals surface area (Å²) in [5, 5.41) is 4.35. The third-order valence-electron chi connectivity index (χ3n) is 2.28. The van der Waals surface area contributed by atoms with Gasteiger partial charge in [0.1, 0.15) is 0 Å². The molecule has 1 aromatic rings. The second-order valence-electron chi connectivity index (χ2n) is 3.83. The minimum absolute atomic E-state index is 0.514. The van der Waals surface area contributed by atoms with E-state index in [1.807, 2.05) is 24.0 Å². The van der Waals surface area contributed by atoms with Gasteiger partial charge >= 0.3 is 0 Å². The van der Waals surface area contributed by atoms with Crippen molar-refractivity contribution in [3.8, 4) is 0 Å². The summed E-state index contributed by atoms with van der Waals surface area (Å²) in [4.78, 5) is 2.32. The lowest BCUT2D eigenvalue weighted by Gasteiger charge is -2.24. The molecule has 0 aromatic carbocycles. The molecule has 0 unspecified atom stereocenters.